The number of pyridine rings is 1. The van der Waals surface area contributed by atoms with E-state index in [1.165, 1.54) is 24.8 Å². The minimum absolute atomic E-state index is 0.0435. The molecule has 0 amide bonds. The third kappa shape index (κ3) is 4.31. The molecule has 0 unspecified atom stereocenters. The van der Waals surface area contributed by atoms with Crippen LogP contribution in [-0.2, 0) is 6.54 Å². The van der Waals surface area contributed by atoms with Gasteiger partial charge in [-0.3, -0.25) is 15.3 Å². The highest BCUT2D eigenvalue weighted by Gasteiger charge is 2.28. The monoisotopic (exact) mass is 260 g/mol. The number of nitrogens with zero attached hydrogens (tertiary/aromatic N) is 2. The standard InChI is InChI=1S/C15H24N4/c1-11(2)6-8-19(13-3-4-13)10-12-5-7-18-14(9-12)15(16)17/h5,7,9,11,13H,3-4,6,8,10H2,1-2H3,(H3,16,17). The molecule has 104 valence electrons. The number of amidine groups is 1. The normalized spacial score (nSPS) is 15.2. The molecule has 1 aromatic rings. The molecule has 1 fully saturated rings. The van der Waals surface area contributed by atoms with Gasteiger partial charge in [-0.05, 0) is 49.4 Å². The zero-order valence-electron chi connectivity index (χ0n) is 11.9. The summed E-state index contributed by atoms with van der Waals surface area (Å²) in [5, 5.41) is 7.45. The molecule has 2 rings (SSSR count). The molecule has 0 atom stereocenters. The van der Waals surface area contributed by atoms with E-state index in [0.717, 1.165) is 25.0 Å². The molecule has 0 saturated heterocycles. The minimum Gasteiger partial charge on any atom is -0.382 e. The van der Waals surface area contributed by atoms with E-state index in [-0.39, 0.29) is 5.84 Å². The maximum Gasteiger partial charge on any atom is 0.141 e. The van der Waals surface area contributed by atoms with Crippen molar-refractivity contribution in [3.05, 3.63) is 29.6 Å². The molecule has 19 heavy (non-hydrogen) atoms. The van der Waals surface area contributed by atoms with Crippen LogP contribution in [-0.4, -0.2) is 28.3 Å². The van der Waals surface area contributed by atoms with Crippen LogP contribution in [0.25, 0.3) is 0 Å². The predicted octanol–water partition coefficient (Wildman–Crippen LogP) is 2.38. The lowest BCUT2D eigenvalue weighted by molar-refractivity contribution is 0.239. The van der Waals surface area contributed by atoms with E-state index >= 15 is 0 Å². The number of hydrogen-bond acceptors (Lipinski definition) is 3. The van der Waals surface area contributed by atoms with Crippen LogP contribution in [0.2, 0.25) is 0 Å². The second-order valence-corrected chi connectivity index (χ2v) is 5.85. The highest BCUT2D eigenvalue weighted by Crippen LogP contribution is 2.28. The Hall–Kier alpha value is -1.42. The summed E-state index contributed by atoms with van der Waals surface area (Å²) in [5.41, 5.74) is 7.28. The van der Waals surface area contributed by atoms with Gasteiger partial charge in [-0.15, -0.1) is 0 Å². The van der Waals surface area contributed by atoms with Gasteiger partial charge in [0.05, 0.1) is 0 Å². The van der Waals surface area contributed by atoms with Crippen LogP contribution < -0.4 is 5.73 Å². The van der Waals surface area contributed by atoms with Crippen molar-refractivity contribution in [1.82, 2.24) is 9.88 Å². The molecule has 1 aromatic heterocycles. The van der Waals surface area contributed by atoms with E-state index in [4.69, 9.17) is 11.1 Å². The largest absolute Gasteiger partial charge is 0.382 e. The Morgan fingerprint density at radius 2 is 2.26 bits per heavy atom. The van der Waals surface area contributed by atoms with Crippen molar-refractivity contribution in [2.45, 2.75) is 45.7 Å². The average Bonchev–Trinajstić information content (AvgIpc) is 3.18. The molecule has 1 aliphatic carbocycles. The van der Waals surface area contributed by atoms with Crippen molar-refractivity contribution in [2.75, 3.05) is 6.54 Å². The van der Waals surface area contributed by atoms with Gasteiger partial charge in [-0.25, -0.2) is 0 Å². The molecule has 4 heteroatoms. The highest BCUT2D eigenvalue weighted by molar-refractivity contribution is 5.93. The van der Waals surface area contributed by atoms with Gasteiger partial charge in [0.25, 0.3) is 0 Å². The van der Waals surface area contributed by atoms with Crippen molar-refractivity contribution in [1.29, 1.82) is 5.41 Å². The van der Waals surface area contributed by atoms with Crippen LogP contribution in [0, 0.1) is 11.3 Å². The number of hydrogen-bond donors (Lipinski definition) is 2. The number of nitrogen functional groups attached to an aromatic ring is 1. The van der Waals surface area contributed by atoms with Crippen LogP contribution in [0.5, 0.6) is 0 Å². The molecule has 3 N–H and O–H groups in total. The van der Waals surface area contributed by atoms with E-state index < -0.39 is 0 Å². The predicted molar refractivity (Wildman–Crippen MR) is 78.1 cm³/mol. The van der Waals surface area contributed by atoms with Gasteiger partial charge in [0, 0.05) is 18.8 Å². The van der Waals surface area contributed by atoms with Crippen LogP contribution >= 0.6 is 0 Å². The molecule has 0 radical (unpaired) electrons. The van der Waals surface area contributed by atoms with E-state index in [0.29, 0.717) is 5.69 Å². The van der Waals surface area contributed by atoms with Crippen LogP contribution in [0.1, 0.15) is 44.4 Å². The lowest BCUT2D eigenvalue weighted by Crippen LogP contribution is -2.27. The fourth-order valence-electron chi connectivity index (χ4n) is 2.21. The van der Waals surface area contributed by atoms with Gasteiger partial charge in [-0.1, -0.05) is 13.8 Å². The summed E-state index contributed by atoms with van der Waals surface area (Å²) in [6, 6.07) is 4.72. The first-order valence-corrected chi connectivity index (χ1v) is 7.09. The van der Waals surface area contributed by atoms with Gasteiger partial charge in [0.15, 0.2) is 0 Å². The first-order chi connectivity index (χ1) is 9.06. The molecule has 0 bridgehead atoms. The van der Waals surface area contributed by atoms with E-state index in [2.05, 4.69) is 23.7 Å². The van der Waals surface area contributed by atoms with E-state index in [1.807, 2.05) is 12.1 Å². The van der Waals surface area contributed by atoms with Crippen molar-refractivity contribution in [3.63, 3.8) is 0 Å². The van der Waals surface area contributed by atoms with Crippen molar-refractivity contribution >= 4 is 5.84 Å². The summed E-state index contributed by atoms with van der Waals surface area (Å²) in [7, 11) is 0. The number of nitrogens with one attached hydrogen (secondary N) is 1. The lowest BCUT2D eigenvalue weighted by Gasteiger charge is -2.23. The first-order valence-electron chi connectivity index (χ1n) is 7.09. The smallest absolute Gasteiger partial charge is 0.141 e. The zero-order valence-corrected chi connectivity index (χ0v) is 11.9. The Kier molecular flexibility index (Phi) is 4.53. The second kappa shape index (κ2) is 6.15. The number of nitrogens with two attached hydrogens (primary N) is 1. The van der Waals surface area contributed by atoms with Gasteiger partial charge < -0.3 is 5.73 Å². The van der Waals surface area contributed by atoms with E-state index in [9.17, 15) is 0 Å². The molecular formula is C15H24N4. The maximum absolute atomic E-state index is 7.45. The van der Waals surface area contributed by atoms with Gasteiger partial charge >= 0.3 is 0 Å². The molecule has 0 spiro atoms. The van der Waals surface area contributed by atoms with Gasteiger partial charge in [-0.2, -0.15) is 0 Å². The first kappa shape index (κ1) is 14.0. The summed E-state index contributed by atoms with van der Waals surface area (Å²) >= 11 is 0. The minimum atomic E-state index is 0.0435. The Morgan fingerprint density at radius 1 is 1.53 bits per heavy atom. The Morgan fingerprint density at radius 3 is 2.84 bits per heavy atom. The Labute approximate surface area is 115 Å². The summed E-state index contributed by atoms with van der Waals surface area (Å²) < 4.78 is 0. The Bertz CT molecular complexity index is 438. The second-order valence-electron chi connectivity index (χ2n) is 5.85. The quantitative estimate of drug-likeness (QED) is 0.584. The summed E-state index contributed by atoms with van der Waals surface area (Å²) in [4.78, 5) is 6.67. The highest BCUT2D eigenvalue weighted by atomic mass is 15.2. The fraction of sp³-hybridized carbons (Fsp3) is 0.600. The molecule has 1 heterocycles. The molecule has 1 saturated carbocycles. The third-order valence-electron chi connectivity index (χ3n) is 3.54. The van der Waals surface area contributed by atoms with Crippen LogP contribution in [0.3, 0.4) is 0 Å². The summed E-state index contributed by atoms with van der Waals surface area (Å²) in [6.45, 7) is 6.64. The van der Waals surface area contributed by atoms with E-state index in [1.54, 1.807) is 6.20 Å². The molecule has 0 aromatic carbocycles. The molecule has 0 aliphatic heterocycles. The van der Waals surface area contributed by atoms with Gasteiger partial charge in [0.1, 0.15) is 11.5 Å². The van der Waals surface area contributed by atoms with Crippen molar-refractivity contribution < 1.29 is 0 Å². The SMILES string of the molecule is CC(C)CCN(Cc1ccnc(C(=N)N)c1)C1CC1. The number of aromatic nitrogens is 1. The third-order valence-corrected chi connectivity index (χ3v) is 3.54. The molecular weight excluding hydrogens is 236 g/mol. The topological polar surface area (TPSA) is 66.0 Å². The van der Waals surface area contributed by atoms with Crippen LogP contribution in [0.15, 0.2) is 18.3 Å². The number of rotatable bonds is 7. The van der Waals surface area contributed by atoms with Crippen molar-refractivity contribution in [3.8, 4) is 0 Å². The van der Waals surface area contributed by atoms with Crippen molar-refractivity contribution in [2.24, 2.45) is 11.7 Å². The fourth-order valence-corrected chi connectivity index (χ4v) is 2.21. The summed E-state index contributed by atoms with van der Waals surface area (Å²) in [6.07, 6.45) is 5.63. The van der Waals surface area contributed by atoms with Gasteiger partial charge in [0.2, 0.25) is 0 Å². The molecule has 4 nitrogen and oxygen atoms in total. The average molecular weight is 260 g/mol. The lowest BCUT2D eigenvalue weighted by atomic mass is 10.1. The maximum atomic E-state index is 7.45. The van der Waals surface area contributed by atoms with Crippen LogP contribution in [0.4, 0.5) is 0 Å². The zero-order chi connectivity index (χ0) is 13.8. The molecule has 1 aliphatic rings. The summed E-state index contributed by atoms with van der Waals surface area (Å²) in [5.74, 6) is 0.786. The Balaban J connectivity index is 2.00.